The summed E-state index contributed by atoms with van der Waals surface area (Å²) in [6, 6.07) is 20.3. The van der Waals surface area contributed by atoms with Crippen molar-refractivity contribution in [3.63, 3.8) is 0 Å². The van der Waals surface area contributed by atoms with E-state index in [1.807, 2.05) is 74.5 Å². The van der Waals surface area contributed by atoms with Crippen molar-refractivity contribution in [2.45, 2.75) is 32.9 Å². The normalized spacial score (nSPS) is 11.7. The lowest BCUT2D eigenvalue weighted by molar-refractivity contribution is -0.142. The topological polar surface area (TPSA) is 58.6 Å². The van der Waals surface area contributed by atoms with Crippen LogP contribution in [0.3, 0.4) is 0 Å². The fourth-order valence-electron chi connectivity index (χ4n) is 3.57. The van der Waals surface area contributed by atoms with Gasteiger partial charge in [0.05, 0.1) is 0 Å². The smallest absolute Gasteiger partial charge is 0.261 e. The highest BCUT2D eigenvalue weighted by atomic mass is 35.5. The van der Waals surface area contributed by atoms with Gasteiger partial charge in [-0.25, -0.2) is 0 Å². The molecule has 0 radical (unpaired) electrons. The van der Waals surface area contributed by atoms with Gasteiger partial charge >= 0.3 is 0 Å². The number of hydrogen-bond acceptors (Lipinski definition) is 3. The minimum atomic E-state index is -0.611. The molecule has 162 valence electrons. The van der Waals surface area contributed by atoms with Crippen molar-refractivity contribution in [3.8, 4) is 5.75 Å². The largest absolute Gasteiger partial charge is 0.483 e. The van der Waals surface area contributed by atoms with E-state index in [0.29, 0.717) is 23.7 Å². The van der Waals surface area contributed by atoms with Gasteiger partial charge in [0.15, 0.2) is 6.61 Å². The van der Waals surface area contributed by atoms with Crippen molar-refractivity contribution in [1.29, 1.82) is 0 Å². The molecule has 0 spiro atoms. The Balaban J connectivity index is 1.84. The molecule has 31 heavy (non-hydrogen) atoms. The molecule has 0 saturated heterocycles. The molecule has 0 fully saturated rings. The predicted molar refractivity (Wildman–Crippen MR) is 124 cm³/mol. The lowest BCUT2D eigenvalue weighted by Gasteiger charge is -2.30. The summed E-state index contributed by atoms with van der Waals surface area (Å²) >= 11 is 6.33. The van der Waals surface area contributed by atoms with Crippen LogP contribution in [0, 0.1) is 0 Å². The van der Waals surface area contributed by atoms with Gasteiger partial charge in [-0.15, -0.1) is 0 Å². The second kappa shape index (κ2) is 10.8. The summed E-state index contributed by atoms with van der Waals surface area (Å²) < 4.78 is 5.91. The highest BCUT2D eigenvalue weighted by Gasteiger charge is 2.29. The summed E-state index contributed by atoms with van der Waals surface area (Å²) in [5.74, 6) is 0.178. The molecule has 0 aliphatic rings. The first-order chi connectivity index (χ1) is 15.0. The van der Waals surface area contributed by atoms with E-state index in [1.165, 1.54) is 0 Å². The maximum atomic E-state index is 13.3. The number of halogens is 1. The van der Waals surface area contributed by atoms with Gasteiger partial charge in [-0.2, -0.15) is 0 Å². The first kappa shape index (κ1) is 22.6. The first-order valence-corrected chi connectivity index (χ1v) is 10.8. The first-order valence-electron chi connectivity index (χ1n) is 10.5. The molecule has 0 aliphatic heterocycles. The number of hydrogen-bond donors (Lipinski definition) is 1. The maximum Gasteiger partial charge on any atom is 0.261 e. The summed E-state index contributed by atoms with van der Waals surface area (Å²) in [5, 5.41) is 5.35. The van der Waals surface area contributed by atoms with Gasteiger partial charge < -0.3 is 15.0 Å². The van der Waals surface area contributed by atoms with E-state index in [-0.39, 0.29) is 25.0 Å². The summed E-state index contributed by atoms with van der Waals surface area (Å²) in [7, 11) is 0. The van der Waals surface area contributed by atoms with Crippen LogP contribution in [-0.2, 0) is 16.1 Å². The summed E-state index contributed by atoms with van der Waals surface area (Å²) in [6.45, 7) is 4.30. The highest BCUT2D eigenvalue weighted by Crippen LogP contribution is 2.25. The zero-order valence-corrected chi connectivity index (χ0v) is 18.6. The fourth-order valence-corrected chi connectivity index (χ4v) is 3.76. The summed E-state index contributed by atoms with van der Waals surface area (Å²) in [4.78, 5) is 27.5. The lowest BCUT2D eigenvalue weighted by Crippen LogP contribution is -2.50. The second-order valence-corrected chi connectivity index (χ2v) is 7.60. The Morgan fingerprint density at radius 2 is 1.71 bits per heavy atom. The van der Waals surface area contributed by atoms with Crippen LogP contribution in [0.5, 0.6) is 5.75 Å². The predicted octanol–water partition coefficient (Wildman–Crippen LogP) is 4.82. The number of fused-ring (bicyclic) bond motifs is 1. The van der Waals surface area contributed by atoms with Crippen LogP contribution < -0.4 is 10.1 Å². The van der Waals surface area contributed by atoms with Crippen LogP contribution in [0.2, 0.25) is 5.02 Å². The van der Waals surface area contributed by atoms with Crippen molar-refractivity contribution in [2.24, 2.45) is 0 Å². The van der Waals surface area contributed by atoms with Crippen molar-refractivity contribution >= 4 is 34.2 Å². The van der Waals surface area contributed by atoms with Gasteiger partial charge in [0.2, 0.25) is 5.91 Å². The average molecular weight is 439 g/mol. The van der Waals surface area contributed by atoms with Crippen molar-refractivity contribution in [2.75, 3.05) is 13.2 Å². The molecule has 1 unspecified atom stereocenters. The van der Waals surface area contributed by atoms with E-state index in [1.54, 1.807) is 11.0 Å². The average Bonchev–Trinajstić information content (AvgIpc) is 2.78. The van der Waals surface area contributed by atoms with E-state index in [4.69, 9.17) is 16.3 Å². The molecule has 0 heterocycles. The molecule has 3 aromatic rings. The molecule has 0 saturated carbocycles. The third kappa shape index (κ3) is 5.56. The molecule has 3 aromatic carbocycles. The standard InChI is InChI=1S/C25H27ClN2O3/c1-3-22(25(30)27-4-2)28(16-19-11-6-8-14-21(19)26)24(29)17-31-23-15-9-12-18-10-5-7-13-20(18)23/h5-15,22H,3-4,16-17H2,1-2H3,(H,27,30). The third-order valence-electron chi connectivity index (χ3n) is 5.14. The zero-order valence-electron chi connectivity index (χ0n) is 17.8. The molecule has 0 aromatic heterocycles. The maximum absolute atomic E-state index is 13.3. The van der Waals surface area contributed by atoms with Gasteiger partial charge in [0.1, 0.15) is 11.8 Å². The zero-order chi connectivity index (χ0) is 22.2. The highest BCUT2D eigenvalue weighted by molar-refractivity contribution is 6.31. The molecule has 3 rings (SSSR count). The van der Waals surface area contributed by atoms with Crippen molar-refractivity contribution in [1.82, 2.24) is 10.2 Å². The number of carbonyl (C=O) groups excluding carboxylic acids is 2. The molecule has 5 nitrogen and oxygen atoms in total. The number of likely N-dealkylation sites (N-methyl/N-ethyl adjacent to an activating group) is 1. The van der Waals surface area contributed by atoms with E-state index in [9.17, 15) is 9.59 Å². The molecule has 6 heteroatoms. The Labute approximate surface area is 188 Å². The Morgan fingerprint density at radius 3 is 2.45 bits per heavy atom. The lowest BCUT2D eigenvalue weighted by atomic mass is 10.1. The number of nitrogens with zero attached hydrogens (tertiary/aromatic N) is 1. The fraction of sp³-hybridized carbons (Fsp3) is 0.280. The monoisotopic (exact) mass is 438 g/mol. The van der Waals surface area contributed by atoms with E-state index in [0.717, 1.165) is 16.3 Å². The van der Waals surface area contributed by atoms with E-state index < -0.39 is 6.04 Å². The number of rotatable bonds is 9. The molecule has 0 aliphatic carbocycles. The number of amides is 2. The summed E-state index contributed by atoms with van der Waals surface area (Å²) in [6.07, 6.45) is 0.482. The van der Waals surface area contributed by atoms with Crippen LogP contribution in [0.15, 0.2) is 66.7 Å². The summed E-state index contributed by atoms with van der Waals surface area (Å²) in [5.41, 5.74) is 0.783. The Bertz CT molecular complexity index is 1050. The minimum Gasteiger partial charge on any atom is -0.483 e. The Morgan fingerprint density at radius 1 is 1.00 bits per heavy atom. The molecule has 1 atom stereocenters. The molecule has 1 N–H and O–H groups in total. The number of ether oxygens (including phenoxy) is 1. The van der Waals surface area contributed by atoms with E-state index >= 15 is 0 Å². The van der Waals surface area contributed by atoms with Crippen molar-refractivity contribution < 1.29 is 14.3 Å². The number of nitrogens with one attached hydrogen (secondary N) is 1. The quantitative estimate of drug-likeness (QED) is 0.521. The molecule has 0 bridgehead atoms. The Kier molecular flexibility index (Phi) is 7.90. The molecular formula is C25H27ClN2O3. The van der Waals surface area contributed by atoms with Crippen LogP contribution in [0.25, 0.3) is 10.8 Å². The van der Waals surface area contributed by atoms with Crippen LogP contribution >= 0.6 is 11.6 Å². The van der Waals surface area contributed by atoms with Crippen LogP contribution in [0.4, 0.5) is 0 Å². The van der Waals surface area contributed by atoms with Crippen LogP contribution in [0.1, 0.15) is 25.8 Å². The van der Waals surface area contributed by atoms with Crippen molar-refractivity contribution in [3.05, 3.63) is 77.3 Å². The minimum absolute atomic E-state index is 0.172. The van der Waals surface area contributed by atoms with Gasteiger partial charge in [-0.05, 0) is 36.4 Å². The Hall–Kier alpha value is -3.05. The molecular weight excluding hydrogens is 412 g/mol. The van der Waals surface area contributed by atoms with Gasteiger partial charge in [-0.3, -0.25) is 9.59 Å². The second-order valence-electron chi connectivity index (χ2n) is 7.20. The molecule has 2 amide bonds. The van der Waals surface area contributed by atoms with Gasteiger partial charge in [0, 0.05) is 23.5 Å². The number of carbonyl (C=O) groups is 2. The van der Waals surface area contributed by atoms with Gasteiger partial charge in [-0.1, -0.05) is 73.1 Å². The third-order valence-corrected chi connectivity index (χ3v) is 5.50. The van der Waals surface area contributed by atoms with E-state index in [2.05, 4.69) is 5.32 Å². The van der Waals surface area contributed by atoms with Gasteiger partial charge in [0.25, 0.3) is 5.91 Å². The van der Waals surface area contributed by atoms with Crippen LogP contribution in [-0.4, -0.2) is 35.9 Å². The number of benzene rings is 3. The SMILES string of the molecule is CCNC(=O)C(CC)N(Cc1ccccc1Cl)C(=O)COc1cccc2ccccc12.